The van der Waals surface area contributed by atoms with Crippen molar-refractivity contribution >= 4 is 17.2 Å². The molecular formula is C17H18F2N2OS. The second-order valence-electron chi connectivity index (χ2n) is 5.82. The van der Waals surface area contributed by atoms with E-state index in [0.717, 1.165) is 23.9 Å². The Kier molecular flexibility index (Phi) is 4.73. The van der Waals surface area contributed by atoms with Gasteiger partial charge in [0.1, 0.15) is 0 Å². The van der Waals surface area contributed by atoms with Crippen molar-refractivity contribution in [1.29, 1.82) is 0 Å². The van der Waals surface area contributed by atoms with Gasteiger partial charge < -0.3 is 5.32 Å². The van der Waals surface area contributed by atoms with Crippen LogP contribution in [0.5, 0.6) is 0 Å². The molecule has 23 heavy (non-hydrogen) atoms. The van der Waals surface area contributed by atoms with Crippen LogP contribution in [-0.4, -0.2) is 30.4 Å². The molecule has 1 aromatic heterocycles. The van der Waals surface area contributed by atoms with Crippen LogP contribution in [0.4, 0.5) is 8.78 Å². The normalized spacial score (nSPS) is 21.5. The Hall–Kier alpha value is -1.79. The second-order valence-corrected chi connectivity index (χ2v) is 6.85. The maximum atomic E-state index is 13.5. The first-order valence-corrected chi connectivity index (χ1v) is 8.39. The van der Waals surface area contributed by atoms with Crippen LogP contribution in [0, 0.1) is 11.6 Å². The summed E-state index contributed by atoms with van der Waals surface area (Å²) in [7, 11) is 1.93. The molecule has 0 bridgehead atoms. The predicted octanol–water partition coefficient (Wildman–Crippen LogP) is 3.13. The van der Waals surface area contributed by atoms with Crippen LogP contribution in [0.1, 0.15) is 22.9 Å². The van der Waals surface area contributed by atoms with Gasteiger partial charge in [-0.15, -0.1) is 11.3 Å². The number of nitrogens with zero attached hydrogens (tertiary/aromatic N) is 1. The van der Waals surface area contributed by atoms with Crippen LogP contribution in [0.25, 0.3) is 0 Å². The minimum absolute atomic E-state index is 0.0414. The number of likely N-dealkylation sites (tertiary alicyclic amines) is 1. The van der Waals surface area contributed by atoms with E-state index in [2.05, 4.69) is 10.2 Å². The van der Waals surface area contributed by atoms with Gasteiger partial charge in [0.15, 0.2) is 11.6 Å². The zero-order chi connectivity index (χ0) is 16.4. The monoisotopic (exact) mass is 336 g/mol. The van der Waals surface area contributed by atoms with E-state index in [9.17, 15) is 13.6 Å². The van der Waals surface area contributed by atoms with Gasteiger partial charge in [-0.25, -0.2) is 8.78 Å². The fourth-order valence-corrected chi connectivity index (χ4v) is 3.81. The van der Waals surface area contributed by atoms with Crippen molar-refractivity contribution < 1.29 is 13.6 Å². The molecule has 1 saturated heterocycles. The maximum Gasteiger partial charge on any atom is 0.225 e. The Balaban J connectivity index is 1.73. The summed E-state index contributed by atoms with van der Waals surface area (Å²) < 4.78 is 26.7. The number of benzene rings is 1. The SMILES string of the molecule is CN1CCC(NC(=O)Cc2cccs2)C1c1ccc(F)c(F)c1. The molecule has 0 saturated carbocycles. The Morgan fingerprint density at radius 1 is 1.35 bits per heavy atom. The largest absolute Gasteiger partial charge is 0.351 e. The fourth-order valence-electron chi connectivity index (χ4n) is 3.11. The molecule has 1 fully saturated rings. The zero-order valence-electron chi connectivity index (χ0n) is 12.8. The zero-order valence-corrected chi connectivity index (χ0v) is 13.6. The lowest BCUT2D eigenvalue weighted by Crippen LogP contribution is -2.39. The number of thiophene rings is 1. The van der Waals surface area contributed by atoms with Gasteiger partial charge in [0.25, 0.3) is 0 Å². The van der Waals surface area contributed by atoms with Crippen molar-refractivity contribution in [2.75, 3.05) is 13.6 Å². The van der Waals surface area contributed by atoms with E-state index in [4.69, 9.17) is 0 Å². The first-order valence-electron chi connectivity index (χ1n) is 7.51. The second kappa shape index (κ2) is 6.76. The molecule has 2 aromatic rings. The molecule has 1 amide bonds. The highest BCUT2D eigenvalue weighted by molar-refractivity contribution is 7.10. The number of likely N-dealkylation sites (N-methyl/N-ethyl adjacent to an activating group) is 1. The number of carbonyl (C=O) groups is 1. The number of nitrogens with one attached hydrogen (secondary N) is 1. The summed E-state index contributed by atoms with van der Waals surface area (Å²) in [4.78, 5) is 15.3. The summed E-state index contributed by atoms with van der Waals surface area (Å²) in [6.45, 7) is 0.799. The Morgan fingerprint density at radius 2 is 2.17 bits per heavy atom. The highest BCUT2D eigenvalue weighted by Gasteiger charge is 2.34. The van der Waals surface area contributed by atoms with Crippen LogP contribution in [-0.2, 0) is 11.2 Å². The molecule has 0 aliphatic carbocycles. The molecule has 2 atom stereocenters. The van der Waals surface area contributed by atoms with Crippen molar-refractivity contribution in [2.45, 2.75) is 24.9 Å². The van der Waals surface area contributed by atoms with Crippen LogP contribution >= 0.6 is 11.3 Å². The molecule has 1 aliphatic rings. The molecule has 1 N–H and O–H groups in total. The van der Waals surface area contributed by atoms with Gasteiger partial charge in [0, 0.05) is 17.5 Å². The van der Waals surface area contributed by atoms with Gasteiger partial charge in [0.05, 0.1) is 12.5 Å². The smallest absolute Gasteiger partial charge is 0.225 e. The molecule has 122 valence electrons. The molecule has 3 nitrogen and oxygen atoms in total. The van der Waals surface area contributed by atoms with Crippen molar-refractivity contribution in [1.82, 2.24) is 10.2 Å². The van der Waals surface area contributed by atoms with Gasteiger partial charge in [-0.2, -0.15) is 0 Å². The molecule has 0 radical (unpaired) electrons. The highest BCUT2D eigenvalue weighted by Crippen LogP contribution is 2.31. The number of halogens is 2. The fraction of sp³-hybridized carbons (Fsp3) is 0.353. The standard InChI is InChI=1S/C17H18F2N2OS/c1-21-7-6-15(20-16(22)10-12-3-2-8-23-12)17(21)11-4-5-13(18)14(19)9-11/h2-5,8-9,15,17H,6-7,10H2,1H3,(H,20,22). The van der Waals surface area contributed by atoms with E-state index in [1.165, 1.54) is 6.07 Å². The first-order chi connectivity index (χ1) is 11.0. The van der Waals surface area contributed by atoms with Gasteiger partial charge in [-0.1, -0.05) is 12.1 Å². The number of hydrogen-bond acceptors (Lipinski definition) is 3. The lowest BCUT2D eigenvalue weighted by molar-refractivity contribution is -0.121. The summed E-state index contributed by atoms with van der Waals surface area (Å²) in [6.07, 6.45) is 1.14. The van der Waals surface area contributed by atoms with E-state index in [-0.39, 0.29) is 18.0 Å². The van der Waals surface area contributed by atoms with E-state index < -0.39 is 11.6 Å². The molecule has 3 rings (SSSR count). The average molecular weight is 336 g/mol. The third-order valence-electron chi connectivity index (χ3n) is 4.20. The lowest BCUT2D eigenvalue weighted by atomic mass is 9.99. The summed E-state index contributed by atoms with van der Waals surface area (Å²) >= 11 is 1.55. The predicted molar refractivity (Wildman–Crippen MR) is 86.3 cm³/mol. The number of rotatable bonds is 4. The average Bonchev–Trinajstić information content (AvgIpc) is 3.12. The lowest BCUT2D eigenvalue weighted by Gasteiger charge is -2.26. The molecule has 6 heteroatoms. The summed E-state index contributed by atoms with van der Waals surface area (Å²) in [6, 6.07) is 7.55. The van der Waals surface area contributed by atoms with Crippen molar-refractivity contribution in [3.05, 3.63) is 57.8 Å². The first kappa shape index (κ1) is 16.1. The van der Waals surface area contributed by atoms with Crippen LogP contribution in [0.2, 0.25) is 0 Å². The van der Waals surface area contributed by atoms with Gasteiger partial charge >= 0.3 is 0 Å². The van der Waals surface area contributed by atoms with Crippen LogP contribution in [0.15, 0.2) is 35.7 Å². The maximum absolute atomic E-state index is 13.5. The van der Waals surface area contributed by atoms with Crippen molar-refractivity contribution in [2.24, 2.45) is 0 Å². The number of carbonyl (C=O) groups excluding carboxylic acids is 1. The van der Waals surface area contributed by atoms with E-state index >= 15 is 0 Å². The van der Waals surface area contributed by atoms with Crippen molar-refractivity contribution in [3.63, 3.8) is 0 Å². The minimum atomic E-state index is -0.855. The highest BCUT2D eigenvalue weighted by atomic mass is 32.1. The topological polar surface area (TPSA) is 32.3 Å². The number of hydrogen-bond donors (Lipinski definition) is 1. The van der Waals surface area contributed by atoms with Crippen LogP contribution < -0.4 is 5.32 Å². The summed E-state index contributed by atoms with van der Waals surface area (Å²) in [5.74, 6) is -1.75. The summed E-state index contributed by atoms with van der Waals surface area (Å²) in [5.41, 5.74) is 0.685. The van der Waals surface area contributed by atoms with Crippen LogP contribution in [0.3, 0.4) is 0 Å². The molecule has 1 aromatic carbocycles. The minimum Gasteiger partial charge on any atom is -0.351 e. The Morgan fingerprint density at radius 3 is 2.87 bits per heavy atom. The molecular weight excluding hydrogens is 318 g/mol. The van der Waals surface area contributed by atoms with E-state index in [0.29, 0.717) is 12.0 Å². The van der Waals surface area contributed by atoms with E-state index in [1.54, 1.807) is 17.4 Å². The molecule has 2 unspecified atom stereocenters. The molecule has 0 spiro atoms. The third-order valence-corrected chi connectivity index (χ3v) is 5.07. The molecule has 2 heterocycles. The Labute approximate surface area is 137 Å². The number of amides is 1. The summed E-state index contributed by atoms with van der Waals surface area (Å²) in [5, 5.41) is 4.98. The Bertz CT molecular complexity index is 690. The third kappa shape index (κ3) is 3.59. The van der Waals surface area contributed by atoms with Gasteiger partial charge in [-0.05, 0) is 42.6 Å². The van der Waals surface area contributed by atoms with Crippen molar-refractivity contribution in [3.8, 4) is 0 Å². The van der Waals surface area contributed by atoms with Gasteiger partial charge in [0.2, 0.25) is 5.91 Å². The molecule has 1 aliphatic heterocycles. The quantitative estimate of drug-likeness (QED) is 0.930. The van der Waals surface area contributed by atoms with Gasteiger partial charge in [-0.3, -0.25) is 9.69 Å². The van der Waals surface area contributed by atoms with E-state index in [1.807, 2.05) is 24.6 Å².